The van der Waals surface area contributed by atoms with E-state index in [0.717, 1.165) is 50.5 Å². The lowest BCUT2D eigenvalue weighted by Crippen LogP contribution is -3.10. The molecule has 0 radical (unpaired) electrons. The Bertz CT molecular complexity index is 905. The van der Waals surface area contributed by atoms with E-state index in [0.29, 0.717) is 23.2 Å². The molecule has 148 valence electrons. The monoisotopic (exact) mass is 398 g/mol. The molecule has 0 fully saturated rings. The lowest BCUT2D eigenvalue weighted by atomic mass is 9.87. The molecule has 2 aromatic rings. The molecule has 4 rings (SSSR count). The number of likely N-dealkylation sites (N-methyl/N-ethyl adjacent to an activating group) is 1. The lowest BCUT2D eigenvalue weighted by molar-refractivity contribution is -0.905. The first kappa shape index (κ1) is 19.2. The van der Waals surface area contributed by atoms with Crippen LogP contribution in [0.4, 0.5) is 5.00 Å². The fraction of sp³-hybridized carbons (Fsp3) is 0.455. The summed E-state index contributed by atoms with van der Waals surface area (Å²) in [5.74, 6) is -0.488. The average molecular weight is 399 g/mol. The van der Waals surface area contributed by atoms with Gasteiger partial charge in [-0.05, 0) is 49.7 Å². The predicted molar refractivity (Wildman–Crippen MR) is 112 cm³/mol. The van der Waals surface area contributed by atoms with Crippen molar-refractivity contribution in [2.24, 2.45) is 5.73 Å². The summed E-state index contributed by atoms with van der Waals surface area (Å²) in [7, 11) is 2.08. The van der Waals surface area contributed by atoms with Crippen LogP contribution < -0.4 is 16.0 Å². The standard InChI is InChI=1S/C22H27N3O2S/c1-25(17-11-6-8-14-7-2-3-9-15(14)17)13-19(26)24-22-20(21(23)27)16-10-4-5-12-18(16)28-22/h2-3,7,9,17H,4-6,8,10-13H2,1H3,(H2,23,27)(H,24,26)/p+1/t17-/m1/s1. The molecule has 2 amide bonds. The number of rotatable bonds is 5. The van der Waals surface area contributed by atoms with E-state index in [-0.39, 0.29) is 5.91 Å². The highest BCUT2D eigenvalue weighted by Gasteiger charge is 2.29. The number of nitrogens with one attached hydrogen (secondary N) is 2. The fourth-order valence-electron chi connectivity index (χ4n) is 4.73. The molecule has 28 heavy (non-hydrogen) atoms. The Balaban J connectivity index is 1.48. The first-order valence-electron chi connectivity index (χ1n) is 10.2. The summed E-state index contributed by atoms with van der Waals surface area (Å²) in [5.41, 5.74) is 10.0. The number of primary amides is 1. The quantitative estimate of drug-likeness (QED) is 0.723. The van der Waals surface area contributed by atoms with E-state index in [2.05, 4.69) is 36.6 Å². The Hall–Kier alpha value is -2.18. The zero-order chi connectivity index (χ0) is 19.7. The average Bonchev–Trinajstić information content (AvgIpc) is 3.05. The topological polar surface area (TPSA) is 76.6 Å². The van der Waals surface area contributed by atoms with Crippen LogP contribution in [-0.4, -0.2) is 25.4 Å². The molecule has 0 saturated heterocycles. The van der Waals surface area contributed by atoms with Gasteiger partial charge in [0.2, 0.25) is 0 Å². The van der Waals surface area contributed by atoms with Gasteiger partial charge in [0.15, 0.2) is 6.54 Å². The van der Waals surface area contributed by atoms with Gasteiger partial charge in [-0.3, -0.25) is 9.59 Å². The lowest BCUT2D eigenvalue weighted by Gasteiger charge is -2.30. The highest BCUT2D eigenvalue weighted by molar-refractivity contribution is 7.17. The largest absolute Gasteiger partial charge is 0.365 e. The molecule has 4 N–H and O–H groups in total. The number of benzene rings is 1. The van der Waals surface area contributed by atoms with E-state index in [1.807, 2.05) is 0 Å². The van der Waals surface area contributed by atoms with Crippen LogP contribution in [0.15, 0.2) is 24.3 Å². The number of hydrogen-bond acceptors (Lipinski definition) is 3. The number of thiophene rings is 1. The van der Waals surface area contributed by atoms with E-state index in [9.17, 15) is 9.59 Å². The van der Waals surface area contributed by atoms with Crippen LogP contribution in [0, 0.1) is 0 Å². The van der Waals surface area contributed by atoms with Gasteiger partial charge in [0.1, 0.15) is 11.0 Å². The van der Waals surface area contributed by atoms with Crippen molar-refractivity contribution in [2.75, 3.05) is 18.9 Å². The molecule has 0 aliphatic heterocycles. The number of fused-ring (bicyclic) bond motifs is 2. The van der Waals surface area contributed by atoms with Crippen LogP contribution in [0.3, 0.4) is 0 Å². The summed E-state index contributed by atoms with van der Waals surface area (Å²) < 4.78 is 0. The minimum Gasteiger partial charge on any atom is -0.365 e. The van der Waals surface area contributed by atoms with Gasteiger partial charge < -0.3 is 16.0 Å². The van der Waals surface area contributed by atoms with Crippen LogP contribution in [0.1, 0.15) is 63.7 Å². The zero-order valence-corrected chi connectivity index (χ0v) is 17.2. The molecule has 6 heteroatoms. The van der Waals surface area contributed by atoms with Crippen LogP contribution >= 0.6 is 11.3 Å². The maximum Gasteiger partial charge on any atom is 0.280 e. The third kappa shape index (κ3) is 3.71. The second kappa shape index (κ2) is 8.05. The highest BCUT2D eigenvalue weighted by atomic mass is 32.1. The Kier molecular flexibility index (Phi) is 5.51. The van der Waals surface area contributed by atoms with Crippen molar-refractivity contribution in [2.45, 2.75) is 51.0 Å². The van der Waals surface area contributed by atoms with Gasteiger partial charge in [0, 0.05) is 16.9 Å². The number of carbonyl (C=O) groups is 2. The summed E-state index contributed by atoms with van der Waals surface area (Å²) in [6.07, 6.45) is 7.43. The number of aryl methyl sites for hydroxylation is 2. The van der Waals surface area contributed by atoms with Gasteiger partial charge in [0.05, 0.1) is 12.6 Å². The SMILES string of the molecule is C[NH+](CC(=O)Nc1sc2c(c1C(N)=O)CCCC2)[C@@H]1CCCc2ccccc21. The van der Waals surface area contributed by atoms with Gasteiger partial charge in [-0.15, -0.1) is 11.3 Å². The second-order valence-electron chi connectivity index (χ2n) is 7.99. The number of amides is 2. The van der Waals surface area contributed by atoms with E-state index in [4.69, 9.17) is 5.73 Å². The van der Waals surface area contributed by atoms with Gasteiger partial charge in [-0.25, -0.2) is 0 Å². The number of nitrogens with two attached hydrogens (primary N) is 1. The van der Waals surface area contributed by atoms with Crippen molar-refractivity contribution in [1.82, 2.24) is 0 Å². The Morgan fingerprint density at radius 3 is 2.79 bits per heavy atom. The molecule has 2 atom stereocenters. The van der Waals surface area contributed by atoms with Crippen LogP contribution in [0.5, 0.6) is 0 Å². The summed E-state index contributed by atoms with van der Waals surface area (Å²) in [5, 5.41) is 3.64. The molecule has 1 heterocycles. The minimum absolute atomic E-state index is 0.0540. The third-order valence-electron chi connectivity index (χ3n) is 6.07. The smallest absolute Gasteiger partial charge is 0.280 e. The summed E-state index contributed by atoms with van der Waals surface area (Å²) in [4.78, 5) is 27.2. The van der Waals surface area contributed by atoms with Gasteiger partial charge in [-0.2, -0.15) is 0 Å². The van der Waals surface area contributed by atoms with Gasteiger partial charge in [-0.1, -0.05) is 24.3 Å². The summed E-state index contributed by atoms with van der Waals surface area (Å²) >= 11 is 1.53. The minimum atomic E-state index is -0.434. The van der Waals surface area contributed by atoms with E-state index in [1.165, 1.54) is 32.2 Å². The van der Waals surface area contributed by atoms with Crippen molar-refractivity contribution < 1.29 is 14.5 Å². The third-order valence-corrected chi connectivity index (χ3v) is 7.28. The fourth-order valence-corrected chi connectivity index (χ4v) is 6.04. The van der Waals surface area contributed by atoms with Crippen LogP contribution in [0.25, 0.3) is 0 Å². The molecule has 1 aromatic heterocycles. The second-order valence-corrected chi connectivity index (χ2v) is 9.10. The molecule has 1 aromatic carbocycles. The Morgan fingerprint density at radius 2 is 1.96 bits per heavy atom. The number of anilines is 1. The van der Waals surface area contributed by atoms with Crippen molar-refractivity contribution in [1.29, 1.82) is 0 Å². The highest BCUT2D eigenvalue weighted by Crippen LogP contribution is 2.37. The van der Waals surface area contributed by atoms with Crippen molar-refractivity contribution >= 4 is 28.2 Å². The Labute approximate surface area is 169 Å². The van der Waals surface area contributed by atoms with Crippen molar-refractivity contribution in [3.05, 3.63) is 51.4 Å². The van der Waals surface area contributed by atoms with Gasteiger partial charge >= 0.3 is 0 Å². The molecule has 0 spiro atoms. The maximum absolute atomic E-state index is 12.8. The number of quaternary nitrogens is 1. The Morgan fingerprint density at radius 1 is 1.18 bits per heavy atom. The maximum atomic E-state index is 12.8. The predicted octanol–water partition coefficient (Wildman–Crippen LogP) is 2.26. The molecular formula is C22H28N3O2S+. The van der Waals surface area contributed by atoms with Gasteiger partial charge in [0.25, 0.3) is 11.8 Å². The van der Waals surface area contributed by atoms with Crippen LogP contribution in [0.2, 0.25) is 0 Å². The normalized spacial score (nSPS) is 19.4. The molecule has 5 nitrogen and oxygen atoms in total. The van der Waals surface area contributed by atoms with E-state index in [1.54, 1.807) is 0 Å². The summed E-state index contributed by atoms with van der Waals surface area (Å²) in [6.45, 7) is 0.375. The molecule has 0 bridgehead atoms. The van der Waals surface area contributed by atoms with Crippen molar-refractivity contribution in [3.63, 3.8) is 0 Å². The molecule has 1 unspecified atom stereocenters. The first-order valence-corrected chi connectivity index (χ1v) is 11.0. The molecular weight excluding hydrogens is 370 g/mol. The molecule has 0 saturated carbocycles. The summed E-state index contributed by atoms with van der Waals surface area (Å²) in [6, 6.07) is 8.90. The van der Waals surface area contributed by atoms with E-state index >= 15 is 0 Å². The first-order chi connectivity index (χ1) is 13.5. The molecule has 2 aliphatic rings. The van der Waals surface area contributed by atoms with E-state index < -0.39 is 5.91 Å². The molecule has 2 aliphatic carbocycles. The van der Waals surface area contributed by atoms with Crippen LogP contribution in [-0.2, 0) is 24.1 Å². The number of hydrogen-bond donors (Lipinski definition) is 3. The van der Waals surface area contributed by atoms with Crippen molar-refractivity contribution in [3.8, 4) is 0 Å². The zero-order valence-electron chi connectivity index (χ0n) is 16.3. The number of carbonyl (C=O) groups excluding carboxylic acids is 2.